The molecule has 0 spiro atoms. The van der Waals surface area contributed by atoms with Gasteiger partial charge in [0.2, 0.25) is 0 Å². The third-order valence-corrected chi connectivity index (χ3v) is 8.16. The molecular formula is C34H31O6PRh. The molecule has 0 aliphatic carbocycles. The summed E-state index contributed by atoms with van der Waals surface area (Å²) in [5.41, 5.74) is 0.539. The van der Waals surface area contributed by atoms with Gasteiger partial charge in [-0.05, 0) is 72.4 Å². The SMILES string of the molecule is COc1ccc(C(=O)O)cc1.COc1ccc(C(=O)O)cc1.[Rh].c1ccc(P(c2ccccc2)c2ccccc2)cc1. The first-order valence-electron chi connectivity index (χ1n) is 12.6. The molecule has 5 aromatic rings. The number of benzene rings is 5. The number of carbonyl (C=O) groups is 2. The summed E-state index contributed by atoms with van der Waals surface area (Å²) in [5.74, 6) is -0.523. The van der Waals surface area contributed by atoms with Crippen LogP contribution in [0.2, 0.25) is 0 Å². The molecule has 0 atom stereocenters. The Morgan fingerprint density at radius 1 is 0.476 bits per heavy atom. The Kier molecular flexibility index (Phi) is 14.7. The maximum atomic E-state index is 10.4. The van der Waals surface area contributed by atoms with Gasteiger partial charge < -0.3 is 19.7 Å². The fraction of sp³-hybridized carbons (Fsp3) is 0.0588. The Labute approximate surface area is 260 Å². The number of carboxylic acid groups (broad SMARTS) is 2. The van der Waals surface area contributed by atoms with E-state index in [1.807, 2.05) is 0 Å². The maximum Gasteiger partial charge on any atom is 0.335 e. The molecular weight excluding hydrogens is 638 g/mol. The first-order valence-corrected chi connectivity index (χ1v) is 14.0. The summed E-state index contributed by atoms with van der Waals surface area (Å²) in [4.78, 5) is 20.7. The number of carboxylic acids is 2. The largest absolute Gasteiger partial charge is 0.497 e. The summed E-state index contributed by atoms with van der Waals surface area (Å²) in [6, 6.07) is 44.8. The van der Waals surface area contributed by atoms with Crippen molar-refractivity contribution in [2.75, 3.05) is 14.2 Å². The third-order valence-electron chi connectivity index (χ3n) is 5.72. The van der Waals surface area contributed by atoms with Gasteiger partial charge in [-0.2, -0.15) is 0 Å². The topological polar surface area (TPSA) is 93.1 Å². The Morgan fingerprint density at radius 2 is 0.738 bits per heavy atom. The molecule has 0 aliphatic rings. The van der Waals surface area contributed by atoms with Crippen molar-refractivity contribution in [3.63, 3.8) is 0 Å². The zero-order chi connectivity index (χ0) is 29.5. The van der Waals surface area contributed by atoms with Crippen LogP contribution in [0.25, 0.3) is 0 Å². The van der Waals surface area contributed by atoms with Crippen LogP contribution >= 0.6 is 7.92 Å². The van der Waals surface area contributed by atoms with Crippen molar-refractivity contribution in [1.82, 2.24) is 0 Å². The van der Waals surface area contributed by atoms with Crippen molar-refractivity contribution in [3.8, 4) is 11.5 Å². The average molecular weight is 669 g/mol. The molecule has 217 valence electrons. The van der Waals surface area contributed by atoms with Gasteiger partial charge in [0.25, 0.3) is 0 Å². The van der Waals surface area contributed by atoms with Crippen LogP contribution in [0.1, 0.15) is 20.7 Å². The monoisotopic (exact) mass is 669 g/mol. The van der Waals surface area contributed by atoms with Gasteiger partial charge in [0.1, 0.15) is 11.5 Å². The van der Waals surface area contributed by atoms with Crippen LogP contribution in [0.3, 0.4) is 0 Å². The minimum absolute atomic E-state index is 0. The molecule has 0 fully saturated rings. The van der Waals surface area contributed by atoms with Crippen LogP contribution < -0.4 is 25.4 Å². The van der Waals surface area contributed by atoms with Gasteiger partial charge in [0.15, 0.2) is 0 Å². The molecule has 0 aromatic heterocycles. The fourth-order valence-electron chi connectivity index (χ4n) is 3.65. The minimum Gasteiger partial charge on any atom is -0.497 e. The summed E-state index contributed by atoms with van der Waals surface area (Å²) in [6.45, 7) is 0. The zero-order valence-corrected chi connectivity index (χ0v) is 25.6. The van der Waals surface area contributed by atoms with Gasteiger partial charge in [0.05, 0.1) is 25.3 Å². The molecule has 0 heterocycles. The molecule has 5 rings (SSSR count). The molecule has 5 aromatic carbocycles. The number of ether oxygens (including phenoxy) is 2. The van der Waals surface area contributed by atoms with Gasteiger partial charge in [-0.15, -0.1) is 0 Å². The van der Waals surface area contributed by atoms with Crippen LogP contribution in [0.5, 0.6) is 11.5 Å². The molecule has 6 nitrogen and oxygen atoms in total. The van der Waals surface area contributed by atoms with Crippen molar-refractivity contribution in [3.05, 3.63) is 151 Å². The molecule has 42 heavy (non-hydrogen) atoms. The standard InChI is InChI=1S/C18H15P.2C8H8O3.Rh/c1-4-10-16(11-5-1)19(17-12-6-2-7-13-17)18-14-8-3-9-15-18;2*1-11-7-4-2-6(3-5-7)8(9)10;/h1-15H;2*2-5H,1H3,(H,9,10);. The Hall–Kier alpha value is -4.31. The molecule has 0 aliphatic heterocycles. The number of hydrogen-bond acceptors (Lipinski definition) is 4. The first kappa shape index (κ1) is 33.9. The van der Waals surface area contributed by atoms with Crippen LogP contribution in [-0.4, -0.2) is 36.4 Å². The normalized spacial score (nSPS) is 9.60. The van der Waals surface area contributed by atoms with E-state index in [0.29, 0.717) is 11.5 Å². The second-order valence-corrected chi connectivity index (χ2v) is 10.6. The molecule has 0 bridgehead atoms. The van der Waals surface area contributed by atoms with Crippen LogP contribution in [0.4, 0.5) is 0 Å². The molecule has 0 amide bonds. The van der Waals surface area contributed by atoms with Crippen molar-refractivity contribution in [2.45, 2.75) is 0 Å². The van der Waals surface area contributed by atoms with Gasteiger partial charge in [-0.1, -0.05) is 91.0 Å². The smallest absolute Gasteiger partial charge is 0.335 e. The molecule has 0 saturated carbocycles. The van der Waals surface area contributed by atoms with Crippen LogP contribution in [-0.2, 0) is 19.5 Å². The second kappa shape index (κ2) is 18.2. The van der Waals surface area contributed by atoms with Gasteiger partial charge in [-0.25, -0.2) is 9.59 Å². The molecule has 0 unspecified atom stereocenters. The van der Waals surface area contributed by atoms with Crippen molar-refractivity contribution < 1.29 is 48.8 Å². The van der Waals surface area contributed by atoms with Crippen LogP contribution in [0, 0.1) is 0 Å². The molecule has 1 radical (unpaired) electrons. The Bertz CT molecular complexity index is 1330. The van der Waals surface area contributed by atoms with Gasteiger partial charge in [-0.3, -0.25) is 0 Å². The number of aromatic carboxylic acids is 2. The predicted molar refractivity (Wildman–Crippen MR) is 165 cm³/mol. The van der Waals surface area contributed by atoms with E-state index in [0.717, 1.165) is 0 Å². The summed E-state index contributed by atoms with van der Waals surface area (Å²) < 4.78 is 9.71. The zero-order valence-electron chi connectivity index (χ0n) is 23.1. The number of rotatable bonds is 7. The van der Waals surface area contributed by atoms with E-state index in [4.69, 9.17) is 19.7 Å². The number of methoxy groups -OCH3 is 2. The first-order chi connectivity index (χ1) is 19.9. The van der Waals surface area contributed by atoms with Crippen molar-refractivity contribution in [1.29, 1.82) is 0 Å². The molecule has 2 N–H and O–H groups in total. The second-order valence-electron chi connectivity index (χ2n) is 8.41. The number of hydrogen-bond donors (Lipinski definition) is 2. The van der Waals surface area contributed by atoms with E-state index in [9.17, 15) is 9.59 Å². The summed E-state index contributed by atoms with van der Waals surface area (Å²) in [6.07, 6.45) is 0. The molecule has 0 saturated heterocycles. The van der Waals surface area contributed by atoms with E-state index in [1.54, 1.807) is 24.3 Å². The summed E-state index contributed by atoms with van der Waals surface area (Å²) >= 11 is 0. The Morgan fingerprint density at radius 3 is 0.952 bits per heavy atom. The summed E-state index contributed by atoms with van der Waals surface area (Å²) in [7, 11) is 2.63. The molecule has 8 heteroatoms. The van der Waals surface area contributed by atoms with Crippen LogP contribution in [0.15, 0.2) is 140 Å². The maximum absolute atomic E-state index is 10.4. The Balaban J connectivity index is 0.000000233. The van der Waals surface area contributed by atoms with E-state index in [1.165, 1.54) is 54.4 Å². The van der Waals surface area contributed by atoms with E-state index >= 15 is 0 Å². The minimum atomic E-state index is -0.923. The average Bonchev–Trinajstić information content (AvgIpc) is 3.03. The van der Waals surface area contributed by atoms with Gasteiger partial charge in [0, 0.05) is 19.5 Å². The third kappa shape index (κ3) is 10.6. The van der Waals surface area contributed by atoms with Gasteiger partial charge >= 0.3 is 11.9 Å². The van der Waals surface area contributed by atoms with Crippen molar-refractivity contribution in [2.24, 2.45) is 0 Å². The van der Waals surface area contributed by atoms with E-state index < -0.39 is 19.9 Å². The van der Waals surface area contributed by atoms with Crippen molar-refractivity contribution >= 4 is 35.8 Å². The summed E-state index contributed by atoms with van der Waals surface area (Å²) in [5, 5.41) is 21.2. The van der Waals surface area contributed by atoms with E-state index in [-0.39, 0.29) is 30.6 Å². The fourth-order valence-corrected chi connectivity index (χ4v) is 5.95. The quantitative estimate of drug-likeness (QED) is 0.158. The predicted octanol–water partition coefficient (Wildman–Crippen LogP) is 6.23. The van der Waals surface area contributed by atoms with E-state index in [2.05, 4.69) is 91.0 Å².